The number of imidazole rings is 1. The van der Waals surface area contributed by atoms with Crippen molar-refractivity contribution in [1.29, 1.82) is 0 Å². The van der Waals surface area contributed by atoms with Crippen LogP contribution in [0.1, 0.15) is 36.9 Å². The fourth-order valence-electron chi connectivity index (χ4n) is 2.71. The number of aromatic nitrogens is 4. The van der Waals surface area contributed by atoms with Gasteiger partial charge in [-0.15, -0.1) is 0 Å². The minimum atomic E-state index is 0.686. The van der Waals surface area contributed by atoms with E-state index in [9.17, 15) is 0 Å². The highest BCUT2D eigenvalue weighted by molar-refractivity contribution is 6.30. The largest absolute Gasteiger partial charge is 0.274 e. The maximum Gasteiger partial charge on any atom is 0.235 e. The van der Waals surface area contributed by atoms with Crippen LogP contribution in [-0.2, 0) is 12.8 Å². The van der Waals surface area contributed by atoms with E-state index in [1.54, 1.807) is 12.5 Å². The summed E-state index contributed by atoms with van der Waals surface area (Å²) in [5, 5.41) is 0.824. The molecule has 2 heterocycles. The van der Waals surface area contributed by atoms with Crippen LogP contribution in [0.5, 0.6) is 0 Å². The predicted octanol–water partition coefficient (Wildman–Crippen LogP) is 4.66. The van der Waals surface area contributed by atoms with Gasteiger partial charge in [-0.2, -0.15) is 0 Å². The molecule has 124 valence electrons. The highest BCUT2D eigenvalue weighted by Gasteiger charge is 2.02. The van der Waals surface area contributed by atoms with Crippen LogP contribution >= 0.6 is 11.6 Å². The molecular formula is C19H21ClN4. The van der Waals surface area contributed by atoms with Gasteiger partial charge < -0.3 is 0 Å². The van der Waals surface area contributed by atoms with Gasteiger partial charge >= 0.3 is 0 Å². The molecule has 3 rings (SSSR count). The summed E-state index contributed by atoms with van der Waals surface area (Å²) < 4.78 is 1.83. The molecule has 0 aliphatic carbocycles. The fourth-order valence-corrected chi connectivity index (χ4v) is 2.92. The SMILES string of the molecule is Clc1cccc(CCCCCCc2ccnc(-n3ccnc3)n2)c1. The number of nitrogens with zero attached hydrogens (tertiary/aromatic N) is 4. The Labute approximate surface area is 147 Å². The Morgan fingerprint density at radius 1 is 0.958 bits per heavy atom. The van der Waals surface area contributed by atoms with Gasteiger partial charge in [0.1, 0.15) is 6.33 Å². The summed E-state index contributed by atoms with van der Waals surface area (Å²) in [6.07, 6.45) is 14.0. The summed E-state index contributed by atoms with van der Waals surface area (Å²) in [5.74, 6) is 0.686. The van der Waals surface area contributed by atoms with Crippen molar-refractivity contribution in [3.8, 4) is 5.95 Å². The minimum absolute atomic E-state index is 0.686. The maximum absolute atomic E-state index is 6.01. The summed E-state index contributed by atoms with van der Waals surface area (Å²) in [5.41, 5.74) is 2.41. The number of aryl methyl sites for hydroxylation is 2. The first-order chi connectivity index (χ1) is 11.8. The normalized spacial score (nSPS) is 10.9. The van der Waals surface area contributed by atoms with Crippen molar-refractivity contribution in [2.24, 2.45) is 0 Å². The Bertz CT molecular complexity index is 756. The molecular weight excluding hydrogens is 320 g/mol. The third-order valence-electron chi connectivity index (χ3n) is 3.97. The van der Waals surface area contributed by atoms with Crippen molar-refractivity contribution < 1.29 is 0 Å². The van der Waals surface area contributed by atoms with Gasteiger partial charge in [0.05, 0.1) is 0 Å². The number of hydrogen-bond donors (Lipinski definition) is 0. The van der Waals surface area contributed by atoms with E-state index < -0.39 is 0 Å². The van der Waals surface area contributed by atoms with Gasteiger partial charge in [0.25, 0.3) is 0 Å². The Morgan fingerprint density at radius 2 is 1.83 bits per heavy atom. The second-order valence-corrected chi connectivity index (χ2v) is 6.30. The van der Waals surface area contributed by atoms with Crippen LogP contribution in [0.4, 0.5) is 0 Å². The van der Waals surface area contributed by atoms with Gasteiger partial charge in [0.2, 0.25) is 5.95 Å². The lowest BCUT2D eigenvalue weighted by Gasteiger charge is -2.05. The minimum Gasteiger partial charge on any atom is -0.274 e. The summed E-state index contributed by atoms with van der Waals surface area (Å²) in [6, 6.07) is 10.1. The highest BCUT2D eigenvalue weighted by Crippen LogP contribution is 2.14. The highest BCUT2D eigenvalue weighted by atomic mass is 35.5. The lowest BCUT2D eigenvalue weighted by atomic mass is 10.0. The van der Waals surface area contributed by atoms with Crippen LogP contribution in [0.2, 0.25) is 5.02 Å². The van der Waals surface area contributed by atoms with Gasteiger partial charge in [-0.1, -0.05) is 36.6 Å². The van der Waals surface area contributed by atoms with Crippen LogP contribution in [0.25, 0.3) is 5.95 Å². The molecule has 0 radical (unpaired) electrons. The van der Waals surface area contributed by atoms with E-state index in [2.05, 4.69) is 27.1 Å². The third-order valence-corrected chi connectivity index (χ3v) is 4.21. The zero-order valence-corrected chi connectivity index (χ0v) is 14.4. The lowest BCUT2D eigenvalue weighted by molar-refractivity contribution is 0.634. The summed E-state index contributed by atoms with van der Waals surface area (Å²) in [4.78, 5) is 12.9. The molecule has 0 fully saturated rings. The van der Waals surface area contributed by atoms with Crippen LogP contribution in [0, 0.1) is 0 Å². The van der Waals surface area contributed by atoms with E-state index in [1.165, 1.54) is 24.8 Å². The van der Waals surface area contributed by atoms with Gasteiger partial charge in [0.15, 0.2) is 0 Å². The summed E-state index contributed by atoms with van der Waals surface area (Å²) >= 11 is 6.01. The second kappa shape index (κ2) is 8.60. The van der Waals surface area contributed by atoms with Crippen molar-refractivity contribution in [3.05, 3.63) is 71.5 Å². The average molecular weight is 341 g/mol. The van der Waals surface area contributed by atoms with E-state index >= 15 is 0 Å². The van der Waals surface area contributed by atoms with Crippen molar-refractivity contribution >= 4 is 11.6 Å². The van der Waals surface area contributed by atoms with E-state index in [0.29, 0.717) is 5.95 Å². The van der Waals surface area contributed by atoms with Crippen LogP contribution < -0.4 is 0 Å². The smallest absolute Gasteiger partial charge is 0.235 e. The summed E-state index contributed by atoms with van der Waals surface area (Å²) in [6.45, 7) is 0. The van der Waals surface area contributed by atoms with E-state index in [0.717, 1.165) is 30.0 Å². The van der Waals surface area contributed by atoms with Crippen molar-refractivity contribution in [3.63, 3.8) is 0 Å². The molecule has 4 nitrogen and oxygen atoms in total. The first-order valence-electron chi connectivity index (χ1n) is 8.36. The molecule has 0 atom stereocenters. The molecule has 1 aromatic carbocycles. The van der Waals surface area contributed by atoms with E-state index in [-0.39, 0.29) is 0 Å². The molecule has 0 aliphatic rings. The molecule has 0 N–H and O–H groups in total. The van der Waals surface area contributed by atoms with Crippen LogP contribution in [-0.4, -0.2) is 19.5 Å². The van der Waals surface area contributed by atoms with Gasteiger partial charge in [-0.3, -0.25) is 4.57 Å². The average Bonchev–Trinajstić information content (AvgIpc) is 3.13. The van der Waals surface area contributed by atoms with Gasteiger partial charge in [-0.05, 0) is 49.4 Å². The van der Waals surface area contributed by atoms with Crippen LogP contribution in [0.3, 0.4) is 0 Å². The third kappa shape index (κ3) is 4.90. The topological polar surface area (TPSA) is 43.6 Å². The molecule has 0 saturated carbocycles. The number of unbranched alkanes of at least 4 members (excludes halogenated alkanes) is 3. The standard InChI is InChI=1S/C19H21ClN4/c20-17-8-5-7-16(14-17)6-3-1-2-4-9-18-10-11-22-19(23-18)24-13-12-21-15-24/h5,7-8,10-15H,1-4,6,9H2. The molecule has 5 heteroatoms. The van der Waals surface area contributed by atoms with Crippen LogP contribution in [0.15, 0.2) is 55.2 Å². The number of halogens is 1. The second-order valence-electron chi connectivity index (χ2n) is 5.86. The molecule has 0 bridgehead atoms. The molecule has 0 spiro atoms. The monoisotopic (exact) mass is 340 g/mol. The van der Waals surface area contributed by atoms with Gasteiger partial charge in [0, 0.05) is 29.3 Å². The zero-order valence-electron chi connectivity index (χ0n) is 13.6. The Balaban J connectivity index is 1.38. The molecule has 0 amide bonds. The maximum atomic E-state index is 6.01. The first-order valence-corrected chi connectivity index (χ1v) is 8.74. The molecule has 2 aromatic heterocycles. The van der Waals surface area contributed by atoms with Crippen molar-refractivity contribution in [2.45, 2.75) is 38.5 Å². The number of rotatable bonds is 8. The Hall–Kier alpha value is -2.20. The molecule has 0 aliphatic heterocycles. The summed E-state index contributed by atoms with van der Waals surface area (Å²) in [7, 11) is 0. The predicted molar refractivity (Wildman–Crippen MR) is 96.5 cm³/mol. The van der Waals surface area contributed by atoms with Crippen molar-refractivity contribution in [2.75, 3.05) is 0 Å². The Morgan fingerprint density at radius 3 is 2.62 bits per heavy atom. The molecule has 24 heavy (non-hydrogen) atoms. The molecule has 0 unspecified atom stereocenters. The van der Waals surface area contributed by atoms with E-state index in [4.69, 9.17) is 11.6 Å². The number of hydrogen-bond acceptors (Lipinski definition) is 3. The fraction of sp³-hybridized carbons (Fsp3) is 0.316. The Kier molecular flexibility index (Phi) is 5.96. The number of benzene rings is 1. The zero-order chi connectivity index (χ0) is 16.6. The quantitative estimate of drug-likeness (QED) is 0.560. The van der Waals surface area contributed by atoms with Gasteiger partial charge in [-0.25, -0.2) is 15.0 Å². The lowest BCUT2D eigenvalue weighted by Crippen LogP contribution is -2.01. The van der Waals surface area contributed by atoms with Crippen molar-refractivity contribution in [1.82, 2.24) is 19.5 Å². The van der Waals surface area contributed by atoms with E-state index in [1.807, 2.05) is 35.2 Å². The first kappa shape index (κ1) is 16.7. The molecule has 0 saturated heterocycles. The molecule has 3 aromatic rings.